The fraction of sp³-hybridized carbons (Fsp3) is 0.667. The summed E-state index contributed by atoms with van der Waals surface area (Å²) in [6.45, 7) is 5.50. The van der Waals surface area contributed by atoms with Crippen LogP contribution >= 0.6 is 0 Å². The maximum Gasteiger partial charge on any atom is 0.510 e. The highest BCUT2D eigenvalue weighted by Crippen LogP contribution is 2.30. The van der Waals surface area contributed by atoms with Crippen molar-refractivity contribution in [2.45, 2.75) is 83.1 Å². The van der Waals surface area contributed by atoms with Crippen molar-refractivity contribution >= 4 is 12.3 Å². The molecule has 12 nitrogen and oxygen atoms in total. The lowest BCUT2D eigenvalue weighted by atomic mass is 9.84. The molecule has 0 radical (unpaired) electrons. The van der Waals surface area contributed by atoms with Crippen molar-refractivity contribution in [3.8, 4) is 0 Å². The molecule has 1 fully saturated rings. The Morgan fingerprint density at radius 3 is 1.64 bits per heavy atom. The Hall–Kier alpha value is -2.48. The molecule has 12 heteroatoms. The molecule has 6 unspecified atom stereocenters. The summed E-state index contributed by atoms with van der Waals surface area (Å²) in [4.78, 5) is 23.4. The third-order valence-electron chi connectivity index (χ3n) is 5.09. The van der Waals surface area contributed by atoms with Gasteiger partial charge in [0.2, 0.25) is 0 Å². The molecule has 0 bridgehead atoms. The minimum atomic E-state index is -1.39. The lowest BCUT2D eigenvalue weighted by molar-refractivity contribution is -0.281. The maximum atomic E-state index is 11.7. The number of hydrogen-bond acceptors (Lipinski definition) is 12. The number of aliphatic hydroxyl groups excluding tert-OH is 2. The van der Waals surface area contributed by atoms with E-state index in [2.05, 4.69) is 0 Å². The van der Waals surface area contributed by atoms with Crippen molar-refractivity contribution in [1.29, 1.82) is 0 Å². The van der Waals surface area contributed by atoms with E-state index in [0.717, 1.165) is 5.56 Å². The summed E-state index contributed by atoms with van der Waals surface area (Å²) in [5.74, 6) is 0. The van der Waals surface area contributed by atoms with Crippen LogP contribution in [0.5, 0.6) is 0 Å². The smallest absolute Gasteiger partial charge is 0.432 e. The van der Waals surface area contributed by atoms with Crippen LogP contribution in [0.2, 0.25) is 0 Å². The normalized spacial score (nSPS) is 26.0. The van der Waals surface area contributed by atoms with Gasteiger partial charge in [-0.1, -0.05) is 30.3 Å². The van der Waals surface area contributed by atoms with E-state index in [1.807, 2.05) is 30.3 Å². The molecule has 0 aromatic heterocycles. The van der Waals surface area contributed by atoms with Crippen LogP contribution in [-0.2, 0) is 44.5 Å². The molecule has 0 saturated heterocycles. The molecular weight excluding hydrogens is 480 g/mol. The van der Waals surface area contributed by atoms with Gasteiger partial charge in [-0.15, -0.1) is 0 Å². The molecule has 6 atom stereocenters. The van der Waals surface area contributed by atoms with Crippen LogP contribution in [0, 0.1) is 0 Å². The average Bonchev–Trinajstić information content (AvgIpc) is 2.81. The van der Waals surface area contributed by atoms with Gasteiger partial charge in [-0.3, -0.25) is 0 Å². The predicted octanol–water partition coefficient (Wildman–Crippen LogP) is 2.13. The monoisotopic (exact) mass is 516 g/mol. The number of benzene rings is 1. The molecule has 0 amide bonds. The molecule has 1 aliphatic rings. The van der Waals surface area contributed by atoms with E-state index in [0.29, 0.717) is 0 Å². The standard InChI is InChI=1S/C24H36O12/c1-14(2)35-23(27)33-12-31-21-17(25)19(29-5)20(30-11-16-9-7-6-8-10-16)18(26)22(21)32-13-34-24(28)36-15(3)4/h6-10,14-15,17-22,25-26H,11-13H2,1-5H3. The summed E-state index contributed by atoms with van der Waals surface area (Å²) in [5, 5.41) is 22.1. The number of methoxy groups -OCH3 is 1. The first-order chi connectivity index (χ1) is 17.1. The molecule has 36 heavy (non-hydrogen) atoms. The van der Waals surface area contributed by atoms with Gasteiger partial charge >= 0.3 is 12.3 Å². The van der Waals surface area contributed by atoms with Gasteiger partial charge in [0.1, 0.15) is 36.6 Å². The van der Waals surface area contributed by atoms with Gasteiger partial charge in [-0.2, -0.15) is 0 Å². The summed E-state index contributed by atoms with van der Waals surface area (Å²) in [7, 11) is 1.35. The van der Waals surface area contributed by atoms with Crippen LogP contribution in [0.3, 0.4) is 0 Å². The van der Waals surface area contributed by atoms with Crippen molar-refractivity contribution < 1.29 is 57.7 Å². The van der Waals surface area contributed by atoms with Gasteiger partial charge in [-0.05, 0) is 33.3 Å². The fourth-order valence-electron chi connectivity index (χ4n) is 3.55. The van der Waals surface area contributed by atoms with Crippen molar-refractivity contribution in [2.24, 2.45) is 0 Å². The SMILES string of the molecule is COC1C(O)C(OCOC(=O)OC(C)C)C(OCOC(=O)OC(C)C)C(O)C1OCc1ccccc1. The highest BCUT2D eigenvalue weighted by Gasteiger charge is 2.52. The van der Waals surface area contributed by atoms with Crippen LogP contribution < -0.4 is 0 Å². The lowest BCUT2D eigenvalue weighted by Gasteiger charge is -2.46. The van der Waals surface area contributed by atoms with Crippen molar-refractivity contribution in [1.82, 2.24) is 0 Å². The predicted molar refractivity (Wildman–Crippen MR) is 123 cm³/mol. The zero-order valence-corrected chi connectivity index (χ0v) is 21.1. The van der Waals surface area contributed by atoms with Crippen LogP contribution in [0.4, 0.5) is 9.59 Å². The Bertz CT molecular complexity index is 787. The van der Waals surface area contributed by atoms with Crippen molar-refractivity contribution in [2.75, 3.05) is 20.7 Å². The maximum absolute atomic E-state index is 11.7. The van der Waals surface area contributed by atoms with Crippen LogP contribution in [0.15, 0.2) is 30.3 Å². The number of rotatable bonds is 12. The first-order valence-electron chi connectivity index (χ1n) is 11.6. The lowest BCUT2D eigenvalue weighted by Crippen LogP contribution is -2.66. The minimum absolute atomic E-state index is 0.120. The van der Waals surface area contributed by atoms with E-state index in [-0.39, 0.29) is 6.61 Å². The fourth-order valence-corrected chi connectivity index (χ4v) is 3.55. The van der Waals surface area contributed by atoms with Crippen molar-refractivity contribution in [3.63, 3.8) is 0 Å². The Labute approximate surface area is 210 Å². The Morgan fingerprint density at radius 2 is 1.19 bits per heavy atom. The molecule has 0 spiro atoms. The third-order valence-corrected chi connectivity index (χ3v) is 5.09. The number of aliphatic hydroxyl groups is 2. The zero-order chi connectivity index (χ0) is 26.7. The Balaban J connectivity index is 2.12. The van der Waals surface area contributed by atoms with Gasteiger partial charge in [0.15, 0.2) is 13.6 Å². The Morgan fingerprint density at radius 1 is 0.750 bits per heavy atom. The van der Waals surface area contributed by atoms with Gasteiger partial charge < -0.3 is 48.1 Å². The highest BCUT2D eigenvalue weighted by atomic mass is 16.8. The van der Waals surface area contributed by atoms with Gasteiger partial charge in [0, 0.05) is 7.11 Å². The molecular formula is C24H36O12. The molecule has 2 rings (SSSR count). The number of carbonyl (C=O) groups is 2. The molecule has 2 N–H and O–H groups in total. The first kappa shape index (κ1) is 29.7. The summed E-state index contributed by atoms with van der Waals surface area (Å²) in [6.07, 6.45) is -10.1. The molecule has 204 valence electrons. The molecule has 1 aromatic carbocycles. The zero-order valence-electron chi connectivity index (χ0n) is 21.1. The molecule has 0 aliphatic heterocycles. The average molecular weight is 517 g/mol. The van der Waals surface area contributed by atoms with Gasteiger partial charge in [0.25, 0.3) is 0 Å². The van der Waals surface area contributed by atoms with Crippen LogP contribution in [-0.4, -0.2) is 92.1 Å². The second-order valence-electron chi connectivity index (χ2n) is 8.56. The number of hydrogen-bond donors (Lipinski definition) is 2. The third kappa shape index (κ3) is 9.19. The topological polar surface area (TPSA) is 148 Å². The minimum Gasteiger partial charge on any atom is -0.432 e. The second-order valence-corrected chi connectivity index (χ2v) is 8.56. The second kappa shape index (κ2) is 14.9. The quantitative estimate of drug-likeness (QED) is 0.310. The molecule has 1 aromatic rings. The van der Waals surface area contributed by atoms with Crippen molar-refractivity contribution in [3.05, 3.63) is 35.9 Å². The van der Waals surface area contributed by atoms with Crippen LogP contribution in [0.1, 0.15) is 33.3 Å². The number of ether oxygens (including phenoxy) is 8. The van der Waals surface area contributed by atoms with E-state index < -0.39 is 74.7 Å². The first-order valence-corrected chi connectivity index (χ1v) is 11.6. The molecule has 1 aliphatic carbocycles. The summed E-state index contributed by atoms with van der Waals surface area (Å²) >= 11 is 0. The number of carbonyl (C=O) groups excluding carboxylic acids is 2. The molecule has 1 saturated carbocycles. The van der Waals surface area contributed by atoms with Crippen LogP contribution in [0.25, 0.3) is 0 Å². The summed E-state index contributed by atoms with van der Waals surface area (Å²) < 4.78 is 41.9. The molecule has 0 heterocycles. The van der Waals surface area contributed by atoms with Gasteiger partial charge in [0.05, 0.1) is 18.8 Å². The van der Waals surface area contributed by atoms with E-state index in [1.165, 1.54) is 7.11 Å². The Kier molecular flexibility index (Phi) is 12.3. The highest BCUT2D eigenvalue weighted by molar-refractivity contribution is 5.60. The largest absolute Gasteiger partial charge is 0.510 e. The van der Waals surface area contributed by atoms with E-state index in [9.17, 15) is 19.8 Å². The van der Waals surface area contributed by atoms with E-state index >= 15 is 0 Å². The van der Waals surface area contributed by atoms with E-state index in [1.54, 1.807) is 27.7 Å². The van der Waals surface area contributed by atoms with E-state index in [4.69, 9.17) is 37.9 Å². The van der Waals surface area contributed by atoms with Gasteiger partial charge in [-0.25, -0.2) is 9.59 Å². The summed E-state index contributed by atoms with van der Waals surface area (Å²) in [6, 6.07) is 9.22. The summed E-state index contributed by atoms with van der Waals surface area (Å²) in [5.41, 5.74) is 0.835.